The molecule has 0 fully saturated rings. The number of rotatable bonds is 5. The molecule has 0 radical (unpaired) electrons. The van der Waals surface area contributed by atoms with Gasteiger partial charge in [0, 0.05) is 18.8 Å². The summed E-state index contributed by atoms with van der Waals surface area (Å²) in [4.78, 5) is 3.94. The maximum Gasteiger partial charge on any atom is 0.409 e. The molecule has 92 valence electrons. The van der Waals surface area contributed by atoms with Gasteiger partial charge in [0.05, 0.1) is 0 Å². The van der Waals surface area contributed by atoms with Crippen LogP contribution < -0.4 is 5.73 Å². The summed E-state index contributed by atoms with van der Waals surface area (Å²) in [6.07, 6.45) is -0.299. The predicted octanol–water partition coefficient (Wildman–Crippen LogP) is 2.29. The Morgan fingerprint density at radius 2 is 2.19 bits per heavy atom. The van der Waals surface area contributed by atoms with Crippen LogP contribution in [0.4, 0.5) is 13.2 Å². The number of alkyl halides is 3. The predicted molar refractivity (Wildman–Crippen MR) is 55.0 cm³/mol. The smallest absolute Gasteiger partial charge is 0.330 e. The summed E-state index contributed by atoms with van der Waals surface area (Å²) in [5, 5.41) is 0. The van der Waals surface area contributed by atoms with Crippen molar-refractivity contribution in [1.82, 2.24) is 9.55 Å². The van der Waals surface area contributed by atoms with Crippen LogP contribution in [0.25, 0.3) is 0 Å². The average molecular weight is 235 g/mol. The molecule has 1 rings (SSSR count). The summed E-state index contributed by atoms with van der Waals surface area (Å²) in [6, 6.07) is -1.55. The lowest BCUT2D eigenvalue weighted by molar-refractivity contribution is -0.169. The van der Waals surface area contributed by atoms with Crippen molar-refractivity contribution in [3.63, 3.8) is 0 Å². The number of hydrogen-bond donors (Lipinski definition) is 1. The first-order chi connectivity index (χ1) is 7.50. The summed E-state index contributed by atoms with van der Waals surface area (Å²) in [5.74, 6) is 0.471. The van der Waals surface area contributed by atoms with E-state index < -0.39 is 12.2 Å². The minimum Gasteiger partial charge on any atom is -0.330 e. The Morgan fingerprint density at radius 3 is 2.69 bits per heavy atom. The number of imidazole rings is 1. The topological polar surface area (TPSA) is 43.8 Å². The first kappa shape index (κ1) is 13.0. The van der Waals surface area contributed by atoms with E-state index in [4.69, 9.17) is 5.73 Å². The van der Waals surface area contributed by atoms with Gasteiger partial charge in [-0.15, -0.1) is 0 Å². The van der Waals surface area contributed by atoms with Crippen LogP contribution in [0.1, 0.15) is 31.6 Å². The minimum atomic E-state index is -4.28. The molecule has 1 atom stereocenters. The van der Waals surface area contributed by atoms with Crippen molar-refractivity contribution in [3.8, 4) is 0 Å². The van der Waals surface area contributed by atoms with Gasteiger partial charge in [-0.25, -0.2) is 4.98 Å². The average Bonchev–Trinajstić information content (AvgIpc) is 2.61. The lowest BCUT2D eigenvalue weighted by Gasteiger charge is -2.22. The highest BCUT2D eigenvalue weighted by atomic mass is 19.4. The van der Waals surface area contributed by atoms with Crippen molar-refractivity contribution >= 4 is 0 Å². The molecule has 0 spiro atoms. The van der Waals surface area contributed by atoms with E-state index in [-0.39, 0.29) is 13.0 Å². The molecule has 0 saturated carbocycles. The third-order valence-electron chi connectivity index (χ3n) is 2.38. The van der Waals surface area contributed by atoms with Crippen molar-refractivity contribution in [2.24, 2.45) is 5.73 Å². The van der Waals surface area contributed by atoms with Gasteiger partial charge in [-0.3, -0.25) is 0 Å². The van der Waals surface area contributed by atoms with Gasteiger partial charge in [-0.2, -0.15) is 13.2 Å². The van der Waals surface area contributed by atoms with Crippen LogP contribution in [-0.2, 0) is 6.42 Å². The molecule has 6 heteroatoms. The maximum atomic E-state index is 12.8. The quantitative estimate of drug-likeness (QED) is 0.850. The number of aryl methyl sites for hydroxylation is 1. The van der Waals surface area contributed by atoms with E-state index in [9.17, 15) is 13.2 Å². The largest absolute Gasteiger partial charge is 0.409 e. The molecule has 3 nitrogen and oxygen atoms in total. The normalized spacial score (nSPS) is 14.1. The molecule has 1 unspecified atom stereocenters. The fourth-order valence-corrected chi connectivity index (χ4v) is 1.66. The summed E-state index contributed by atoms with van der Waals surface area (Å²) in [7, 11) is 0. The Kier molecular flexibility index (Phi) is 4.35. The van der Waals surface area contributed by atoms with Crippen molar-refractivity contribution < 1.29 is 13.2 Å². The van der Waals surface area contributed by atoms with Gasteiger partial charge in [0.2, 0.25) is 0 Å². The van der Waals surface area contributed by atoms with Crippen LogP contribution in [0.2, 0.25) is 0 Å². The second kappa shape index (κ2) is 5.34. The first-order valence-electron chi connectivity index (χ1n) is 5.29. The van der Waals surface area contributed by atoms with E-state index in [0.29, 0.717) is 12.2 Å². The van der Waals surface area contributed by atoms with E-state index in [1.807, 2.05) is 6.92 Å². The van der Waals surface area contributed by atoms with Crippen LogP contribution >= 0.6 is 0 Å². The van der Waals surface area contributed by atoms with Gasteiger partial charge in [-0.1, -0.05) is 6.92 Å². The van der Waals surface area contributed by atoms with E-state index in [1.54, 1.807) is 0 Å². The number of halogens is 3. The van der Waals surface area contributed by atoms with Gasteiger partial charge in [-0.05, 0) is 19.4 Å². The highest BCUT2D eigenvalue weighted by Gasteiger charge is 2.40. The van der Waals surface area contributed by atoms with Gasteiger partial charge in [0.15, 0.2) is 0 Å². The molecule has 0 aromatic carbocycles. The Bertz CT molecular complexity index is 319. The summed E-state index contributed by atoms with van der Waals surface area (Å²) >= 11 is 0. The minimum absolute atomic E-state index is 0.00786. The van der Waals surface area contributed by atoms with Crippen molar-refractivity contribution in [2.45, 2.75) is 38.4 Å². The Hall–Kier alpha value is -1.04. The van der Waals surface area contributed by atoms with Crippen LogP contribution in [0.15, 0.2) is 12.4 Å². The zero-order chi connectivity index (χ0) is 12.2. The molecule has 0 aliphatic rings. The first-order valence-corrected chi connectivity index (χ1v) is 5.29. The van der Waals surface area contributed by atoms with Gasteiger partial charge < -0.3 is 10.3 Å². The molecule has 2 N–H and O–H groups in total. The molecule has 1 heterocycles. The second-order valence-corrected chi connectivity index (χ2v) is 3.64. The number of nitrogens with zero attached hydrogens (tertiary/aromatic N) is 2. The third-order valence-corrected chi connectivity index (χ3v) is 2.38. The molecule has 0 aliphatic heterocycles. The summed E-state index contributed by atoms with van der Waals surface area (Å²) < 4.78 is 39.6. The van der Waals surface area contributed by atoms with Gasteiger partial charge >= 0.3 is 6.18 Å². The van der Waals surface area contributed by atoms with E-state index in [0.717, 1.165) is 6.42 Å². The van der Waals surface area contributed by atoms with Crippen molar-refractivity contribution in [1.29, 1.82) is 0 Å². The van der Waals surface area contributed by atoms with Crippen LogP contribution in [0.5, 0.6) is 0 Å². The molecule has 0 amide bonds. The molecular formula is C10H16F3N3. The van der Waals surface area contributed by atoms with E-state index in [2.05, 4.69) is 4.98 Å². The summed E-state index contributed by atoms with van der Waals surface area (Å²) in [5.41, 5.74) is 5.22. The lowest BCUT2D eigenvalue weighted by atomic mass is 10.2. The molecule has 0 bridgehead atoms. The monoisotopic (exact) mass is 235 g/mol. The Morgan fingerprint density at radius 1 is 1.50 bits per heavy atom. The van der Waals surface area contributed by atoms with Crippen molar-refractivity contribution in [3.05, 3.63) is 18.2 Å². The molecular weight excluding hydrogens is 219 g/mol. The SMILES string of the molecule is CCCc1nccn1C(CCN)C(F)(F)F. The van der Waals surface area contributed by atoms with Crippen LogP contribution in [0, 0.1) is 0 Å². The highest BCUT2D eigenvalue weighted by molar-refractivity contribution is 4.97. The molecule has 0 aliphatic carbocycles. The van der Waals surface area contributed by atoms with Crippen molar-refractivity contribution in [2.75, 3.05) is 6.54 Å². The Labute approximate surface area is 92.5 Å². The van der Waals surface area contributed by atoms with Gasteiger partial charge in [0.25, 0.3) is 0 Å². The lowest BCUT2D eigenvalue weighted by Crippen LogP contribution is -2.29. The highest BCUT2D eigenvalue weighted by Crippen LogP contribution is 2.33. The zero-order valence-electron chi connectivity index (χ0n) is 9.17. The molecule has 0 saturated heterocycles. The fourth-order valence-electron chi connectivity index (χ4n) is 1.66. The van der Waals surface area contributed by atoms with Crippen LogP contribution in [0.3, 0.4) is 0 Å². The van der Waals surface area contributed by atoms with E-state index >= 15 is 0 Å². The molecule has 1 aromatic rings. The number of aromatic nitrogens is 2. The van der Waals surface area contributed by atoms with E-state index in [1.165, 1.54) is 17.0 Å². The van der Waals surface area contributed by atoms with Gasteiger partial charge in [0.1, 0.15) is 11.9 Å². The second-order valence-electron chi connectivity index (χ2n) is 3.64. The standard InChI is InChI=1S/C10H16F3N3/c1-2-3-9-15-6-7-16(9)8(4-5-14)10(11,12)13/h6-8H,2-5,14H2,1H3. The summed E-state index contributed by atoms with van der Waals surface area (Å²) in [6.45, 7) is 1.92. The molecule has 1 aromatic heterocycles. The number of hydrogen-bond acceptors (Lipinski definition) is 2. The van der Waals surface area contributed by atoms with Crippen LogP contribution in [-0.4, -0.2) is 22.3 Å². The number of nitrogens with two attached hydrogens (primary N) is 1. The fraction of sp³-hybridized carbons (Fsp3) is 0.700. The molecule has 16 heavy (non-hydrogen) atoms. The third kappa shape index (κ3) is 2.98. The Balaban J connectivity index is 2.96. The maximum absolute atomic E-state index is 12.8. The zero-order valence-corrected chi connectivity index (χ0v) is 9.17.